The van der Waals surface area contributed by atoms with Crippen LogP contribution >= 0.6 is 0 Å². The molecule has 0 unspecified atom stereocenters. The molecule has 0 spiro atoms. The van der Waals surface area contributed by atoms with Gasteiger partial charge < -0.3 is 5.32 Å². The van der Waals surface area contributed by atoms with Crippen LogP contribution in [0.15, 0.2) is 23.2 Å². The second-order valence-electron chi connectivity index (χ2n) is 5.15. The van der Waals surface area contributed by atoms with Crippen LogP contribution in [-0.2, 0) is 17.6 Å². The normalized spacial score (nSPS) is 17.9. The molecule has 1 aliphatic heterocycles. The third kappa shape index (κ3) is 2.35. The number of aliphatic imine (C=N–C) groups is 1. The van der Waals surface area contributed by atoms with E-state index in [4.69, 9.17) is 0 Å². The average molecular weight is 257 g/mol. The maximum atomic E-state index is 11.5. The summed E-state index contributed by atoms with van der Waals surface area (Å²) in [7, 11) is 0. The van der Waals surface area contributed by atoms with Crippen LogP contribution in [0, 0.1) is 0 Å². The van der Waals surface area contributed by atoms with E-state index in [1.165, 1.54) is 24.0 Å². The van der Waals surface area contributed by atoms with Gasteiger partial charge in [0.1, 0.15) is 0 Å². The molecule has 0 atom stereocenters. The number of anilines is 1. The zero-order chi connectivity index (χ0) is 13.2. The maximum absolute atomic E-state index is 11.5. The Morgan fingerprint density at radius 1 is 1.32 bits per heavy atom. The number of carbonyl (C=O) groups excluding carboxylic acids is 1. The molecule has 1 aromatic carbocycles. The summed E-state index contributed by atoms with van der Waals surface area (Å²) in [6.07, 6.45) is 4.80. The lowest BCUT2D eigenvalue weighted by molar-refractivity contribution is -0.124. The van der Waals surface area contributed by atoms with E-state index in [1.54, 1.807) is 11.8 Å². The highest BCUT2D eigenvalue weighted by Crippen LogP contribution is 2.28. The summed E-state index contributed by atoms with van der Waals surface area (Å²) in [4.78, 5) is 17.6. The molecule has 4 nitrogen and oxygen atoms in total. The van der Waals surface area contributed by atoms with Gasteiger partial charge >= 0.3 is 0 Å². The maximum Gasteiger partial charge on any atom is 0.226 e. The first-order valence-corrected chi connectivity index (χ1v) is 6.96. The van der Waals surface area contributed by atoms with Crippen LogP contribution in [0.25, 0.3) is 0 Å². The quantitative estimate of drug-likeness (QED) is 0.838. The molecule has 0 bridgehead atoms. The molecule has 100 valence electrons. The van der Waals surface area contributed by atoms with Crippen molar-refractivity contribution in [3.63, 3.8) is 0 Å². The number of aryl methyl sites for hydroxylation is 1. The van der Waals surface area contributed by atoms with Crippen LogP contribution in [-0.4, -0.2) is 29.9 Å². The Kier molecular flexibility index (Phi) is 3.23. The lowest BCUT2D eigenvalue weighted by atomic mass is 9.90. The topological polar surface area (TPSA) is 44.7 Å². The number of hydrogen-bond acceptors (Lipinski definition) is 3. The van der Waals surface area contributed by atoms with Gasteiger partial charge in [0.15, 0.2) is 0 Å². The van der Waals surface area contributed by atoms with Gasteiger partial charge in [-0.25, -0.2) is 0 Å². The Balaban J connectivity index is 1.86. The second kappa shape index (κ2) is 5.03. The first kappa shape index (κ1) is 12.2. The van der Waals surface area contributed by atoms with Crippen LogP contribution in [0.1, 0.15) is 30.9 Å². The molecule has 0 saturated carbocycles. The van der Waals surface area contributed by atoms with Gasteiger partial charge in [0, 0.05) is 19.2 Å². The summed E-state index contributed by atoms with van der Waals surface area (Å²) in [5.41, 5.74) is 3.94. The number of carbonyl (C=O) groups is 1. The fraction of sp³-hybridized carbons (Fsp3) is 0.467. The molecule has 0 aromatic heterocycles. The second-order valence-corrected chi connectivity index (χ2v) is 5.15. The van der Waals surface area contributed by atoms with Gasteiger partial charge in [-0.15, -0.1) is 0 Å². The summed E-state index contributed by atoms with van der Waals surface area (Å²) >= 11 is 0. The van der Waals surface area contributed by atoms with Crippen molar-refractivity contribution < 1.29 is 4.79 Å². The highest BCUT2D eigenvalue weighted by Gasteiger charge is 2.22. The molecular formula is C15H19N3O. The van der Waals surface area contributed by atoms with Crippen LogP contribution in [0.3, 0.4) is 0 Å². The number of guanidine groups is 1. The van der Waals surface area contributed by atoms with E-state index < -0.39 is 0 Å². The highest BCUT2D eigenvalue weighted by atomic mass is 16.2. The van der Waals surface area contributed by atoms with Crippen molar-refractivity contribution in [2.45, 2.75) is 32.6 Å². The number of nitrogens with zero attached hydrogens (tertiary/aromatic N) is 2. The summed E-state index contributed by atoms with van der Waals surface area (Å²) in [6.45, 7) is 2.96. The van der Waals surface area contributed by atoms with Crippen molar-refractivity contribution in [2.24, 2.45) is 4.99 Å². The van der Waals surface area contributed by atoms with Crippen LogP contribution < -0.4 is 5.32 Å². The minimum absolute atomic E-state index is 0.0496. The molecule has 1 aliphatic carbocycles. The Bertz CT molecular complexity index is 536. The predicted octanol–water partition coefficient (Wildman–Crippen LogP) is 2.20. The van der Waals surface area contributed by atoms with E-state index in [1.807, 2.05) is 0 Å². The Morgan fingerprint density at radius 3 is 3.00 bits per heavy atom. The summed E-state index contributed by atoms with van der Waals surface area (Å²) in [6, 6.07) is 6.38. The first-order valence-electron chi connectivity index (χ1n) is 6.96. The van der Waals surface area contributed by atoms with Crippen molar-refractivity contribution in [3.05, 3.63) is 29.3 Å². The van der Waals surface area contributed by atoms with Gasteiger partial charge in [-0.1, -0.05) is 12.1 Å². The fourth-order valence-electron chi connectivity index (χ4n) is 2.88. The first-order chi connectivity index (χ1) is 9.25. The van der Waals surface area contributed by atoms with E-state index >= 15 is 0 Å². The molecule has 1 amide bonds. The molecular weight excluding hydrogens is 238 g/mol. The van der Waals surface area contributed by atoms with Gasteiger partial charge in [0.05, 0.1) is 6.54 Å². The molecule has 0 fully saturated rings. The lowest BCUT2D eigenvalue weighted by Crippen LogP contribution is -2.37. The van der Waals surface area contributed by atoms with Gasteiger partial charge in [-0.2, -0.15) is 0 Å². The van der Waals surface area contributed by atoms with Crippen LogP contribution in [0.5, 0.6) is 0 Å². The van der Waals surface area contributed by atoms with Crippen molar-refractivity contribution in [2.75, 3.05) is 18.4 Å². The zero-order valence-electron chi connectivity index (χ0n) is 11.3. The molecule has 2 aliphatic rings. The summed E-state index contributed by atoms with van der Waals surface area (Å²) in [5.74, 6) is 0.750. The van der Waals surface area contributed by atoms with E-state index in [9.17, 15) is 4.79 Å². The molecule has 4 heteroatoms. The average Bonchev–Trinajstić information content (AvgIpc) is 2.87. The summed E-state index contributed by atoms with van der Waals surface area (Å²) in [5, 5.41) is 3.36. The van der Waals surface area contributed by atoms with Crippen molar-refractivity contribution in [1.29, 1.82) is 0 Å². The molecule has 3 rings (SSSR count). The van der Waals surface area contributed by atoms with E-state index in [-0.39, 0.29) is 5.91 Å². The minimum atomic E-state index is 0.0496. The number of hydrogen-bond donors (Lipinski definition) is 1. The van der Waals surface area contributed by atoms with E-state index in [0.717, 1.165) is 18.5 Å². The zero-order valence-corrected chi connectivity index (χ0v) is 11.3. The molecule has 1 N–H and O–H groups in total. The lowest BCUT2D eigenvalue weighted by Gasteiger charge is -2.22. The van der Waals surface area contributed by atoms with Crippen molar-refractivity contribution in [3.8, 4) is 0 Å². The van der Waals surface area contributed by atoms with Gasteiger partial charge in [-0.05, 0) is 42.9 Å². The molecule has 0 radical (unpaired) electrons. The standard InChI is InChI=1S/C15H19N3O/c1-11(19)18-10-9-16-15(18)17-14-8-4-6-12-5-2-3-7-13(12)14/h4,6,8H,2-3,5,7,9-10H2,1H3,(H,16,17). The van der Waals surface area contributed by atoms with Gasteiger partial charge in [0.2, 0.25) is 11.9 Å². The van der Waals surface area contributed by atoms with Crippen molar-refractivity contribution >= 4 is 17.6 Å². The number of rotatable bonds is 1. The number of amides is 1. The monoisotopic (exact) mass is 257 g/mol. The SMILES string of the molecule is CC(=O)N1CCN=C1Nc1cccc2c1CCCC2. The van der Waals surface area contributed by atoms with Crippen molar-refractivity contribution in [1.82, 2.24) is 4.90 Å². The van der Waals surface area contributed by atoms with Crippen LogP contribution in [0.4, 0.5) is 5.69 Å². The number of nitrogens with one attached hydrogen (secondary N) is 1. The molecule has 0 saturated heterocycles. The third-order valence-electron chi connectivity index (χ3n) is 3.86. The Hall–Kier alpha value is -1.84. The van der Waals surface area contributed by atoms with E-state index in [0.29, 0.717) is 19.0 Å². The molecule has 1 heterocycles. The fourth-order valence-corrected chi connectivity index (χ4v) is 2.88. The largest absolute Gasteiger partial charge is 0.326 e. The highest BCUT2D eigenvalue weighted by molar-refractivity contribution is 6.04. The number of benzene rings is 1. The van der Waals surface area contributed by atoms with Crippen LogP contribution in [0.2, 0.25) is 0 Å². The molecule has 1 aromatic rings. The van der Waals surface area contributed by atoms with Gasteiger partial charge in [0.25, 0.3) is 0 Å². The minimum Gasteiger partial charge on any atom is -0.326 e. The summed E-state index contributed by atoms with van der Waals surface area (Å²) < 4.78 is 0. The van der Waals surface area contributed by atoms with Gasteiger partial charge in [-0.3, -0.25) is 14.7 Å². The number of fused-ring (bicyclic) bond motifs is 1. The molecule has 19 heavy (non-hydrogen) atoms. The predicted molar refractivity (Wildman–Crippen MR) is 76.4 cm³/mol. The smallest absolute Gasteiger partial charge is 0.226 e. The van der Waals surface area contributed by atoms with E-state index in [2.05, 4.69) is 28.5 Å². The third-order valence-corrected chi connectivity index (χ3v) is 3.86. The Labute approximate surface area is 113 Å². The Morgan fingerprint density at radius 2 is 2.16 bits per heavy atom.